The molecule has 2 aromatic carbocycles. The molecule has 0 spiro atoms. The fourth-order valence-corrected chi connectivity index (χ4v) is 3.53. The lowest BCUT2D eigenvalue weighted by atomic mass is 10.1. The zero-order valence-corrected chi connectivity index (χ0v) is 14.8. The number of H-pyrrole nitrogens is 1. The number of aromatic amines is 1. The molecule has 3 aromatic rings. The molecule has 5 heteroatoms. The number of rotatable bonds is 5. The second kappa shape index (κ2) is 7.04. The Morgan fingerprint density at radius 3 is 2.77 bits per heavy atom. The molecule has 0 saturated heterocycles. The number of fused-ring (bicyclic) bond motifs is 1. The zero-order valence-electron chi connectivity index (χ0n) is 14.8. The number of anilines is 1. The molecule has 0 atom stereocenters. The lowest BCUT2D eigenvalue weighted by molar-refractivity contribution is 0.0949. The van der Waals surface area contributed by atoms with Crippen LogP contribution in [0, 0.1) is 6.92 Å². The molecule has 5 nitrogen and oxygen atoms in total. The number of benzene rings is 2. The minimum Gasteiger partial charge on any atom is -0.369 e. The second-order valence-electron chi connectivity index (χ2n) is 6.56. The average Bonchev–Trinajstić information content (AvgIpc) is 3.26. The standard InChI is InChI=1S/C21H22N4O/c1-15-19(17-8-3-2-4-9-17)23-24-20(15)21(26)22-12-14-25-13-11-16-7-5-6-10-18(16)25/h2-10H,11-14H2,1H3,(H,22,26)(H,23,24). The third-order valence-corrected chi connectivity index (χ3v) is 4.93. The van der Waals surface area contributed by atoms with Gasteiger partial charge in [-0.15, -0.1) is 0 Å². The lowest BCUT2D eigenvalue weighted by Crippen LogP contribution is -2.34. The van der Waals surface area contributed by atoms with Gasteiger partial charge in [-0.1, -0.05) is 48.5 Å². The molecular formula is C21H22N4O. The fraction of sp³-hybridized carbons (Fsp3) is 0.238. The summed E-state index contributed by atoms with van der Waals surface area (Å²) in [7, 11) is 0. The Morgan fingerprint density at radius 2 is 1.92 bits per heavy atom. The third kappa shape index (κ3) is 3.08. The number of para-hydroxylation sites is 1. The Morgan fingerprint density at radius 1 is 1.15 bits per heavy atom. The average molecular weight is 346 g/mol. The summed E-state index contributed by atoms with van der Waals surface area (Å²) in [5.41, 5.74) is 5.91. The highest BCUT2D eigenvalue weighted by Gasteiger charge is 2.19. The van der Waals surface area contributed by atoms with Gasteiger partial charge in [0, 0.05) is 36.4 Å². The normalized spacial score (nSPS) is 12.9. The van der Waals surface area contributed by atoms with Crippen LogP contribution in [0.5, 0.6) is 0 Å². The first-order chi connectivity index (χ1) is 12.7. The number of amides is 1. The lowest BCUT2D eigenvalue weighted by Gasteiger charge is -2.19. The number of hydrogen-bond acceptors (Lipinski definition) is 3. The molecule has 0 unspecified atom stereocenters. The van der Waals surface area contributed by atoms with E-state index in [2.05, 4.69) is 44.7 Å². The highest BCUT2D eigenvalue weighted by atomic mass is 16.1. The van der Waals surface area contributed by atoms with E-state index in [-0.39, 0.29) is 5.91 Å². The van der Waals surface area contributed by atoms with Gasteiger partial charge in [0.1, 0.15) is 5.69 Å². The first kappa shape index (κ1) is 16.4. The van der Waals surface area contributed by atoms with Gasteiger partial charge in [-0.05, 0) is 25.0 Å². The Hall–Kier alpha value is -3.08. The van der Waals surface area contributed by atoms with E-state index in [1.54, 1.807) is 0 Å². The Kier molecular flexibility index (Phi) is 4.44. The van der Waals surface area contributed by atoms with E-state index in [4.69, 9.17) is 0 Å². The molecule has 4 rings (SSSR count). The molecule has 2 heterocycles. The maximum atomic E-state index is 12.5. The van der Waals surface area contributed by atoms with Crippen molar-refractivity contribution in [3.05, 3.63) is 71.4 Å². The van der Waals surface area contributed by atoms with E-state index >= 15 is 0 Å². The summed E-state index contributed by atoms with van der Waals surface area (Å²) >= 11 is 0. The van der Waals surface area contributed by atoms with E-state index in [0.29, 0.717) is 12.2 Å². The van der Waals surface area contributed by atoms with Crippen LogP contribution in [-0.2, 0) is 6.42 Å². The van der Waals surface area contributed by atoms with Gasteiger partial charge in [-0.2, -0.15) is 5.10 Å². The van der Waals surface area contributed by atoms with Gasteiger partial charge in [0.15, 0.2) is 0 Å². The van der Waals surface area contributed by atoms with E-state index < -0.39 is 0 Å². The maximum Gasteiger partial charge on any atom is 0.269 e. The Balaban J connectivity index is 1.38. The molecule has 0 bridgehead atoms. The van der Waals surface area contributed by atoms with Crippen LogP contribution >= 0.6 is 0 Å². The van der Waals surface area contributed by atoms with Gasteiger partial charge in [0.05, 0.1) is 5.69 Å². The van der Waals surface area contributed by atoms with Crippen molar-refractivity contribution >= 4 is 11.6 Å². The molecule has 1 amide bonds. The largest absolute Gasteiger partial charge is 0.369 e. The molecule has 0 saturated carbocycles. The van der Waals surface area contributed by atoms with E-state index in [0.717, 1.165) is 36.3 Å². The minimum absolute atomic E-state index is 0.107. The molecule has 0 aliphatic carbocycles. The molecule has 132 valence electrons. The van der Waals surface area contributed by atoms with E-state index in [1.165, 1.54) is 11.3 Å². The van der Waals surface area contributed by atoms with Crippen molar-refractivity contribution in [3.8, 4) is 11.3 Å². The Bertz CT molecular complexity index is 917. The van der Waals surface area contributed by atoms with Crippen LogP contribution in [0.2, 0.25) is 0 Å². The molecule has 26 heavy (non-hydrogen) atoms. The van der Waals surface area contributed by atoms with Crippen molar-refractivity contribution in [1.82, 2.24) is 15.5 Å². The number of carbonyl (C=O) groups is 1. The summed E-state index contributed by atoms with van der Waals surface area (Å²) in [6.45, 7) is 4.35. The third-order valence-electron chi connectivity index (χ3n) is 4.93. The summed E-state index contributed by atoms with van der Waals surface area (Å²) in [6, 6.07) is 18.4. The van der Waals surface area contributed by atoms with E-state index in [9.17, 15) is 4.79 Å². The zero-order chi connectivity index (χ0) is 17.9. The van der Waals surface area contributed by atoms with Crippen LogP contribution in [0.3, 0.4) is 0 Å². The van der Waals surface area contributed by atoms with Crippen LogP contribution in [0.4, 0.5) is 5.69 Å². The van der Waals surface area contributed by atoms with Crippen LogP contribution in [0.1, 0.15) is 21.6 Å². The monoisotopic (exact) mass is 346 g/mol. The summed E-state index contributed by atoms with van der Waals surface area (Å²) in [5, 5.41) is 10.2. The smallest absolute Gasteiger partial charge is 0.269 e. The molecule has 1 aliphatic rings. The van der Waals surface area contributed by atoms with E-state index in [1.807, 2.05) is 37.3 Å². The van der Waals surface area contributed by atoms with Crippen molar-refractivity contribution in [2.45, 2.75) is 13.3 Å². The summed E-state index contributed by atoms with van der Waals surface area (Å²) in [5.74, 6) is -0.107. The van der Waals surface area contributed by atoms with Crippen LogP contribution in [-0.4, -0.2) is 35.7 Å². The predicted molar refractivity (Wildman–Crippen MR) is 103 cm³/mol. The summed E-state index contributed by atoms with van der Waals surface area (Å²) in [6.07, 6.45) is 1.07. The number of nitrogens with zero attached hydrogens (tertiary/aromatic N) is 2. The minimum atomic E-state index is -0.107. The first-order valence-electron chi connectivity index (χ1n) is 8.95. The van der Waals surface area contributed by atoms with Crippen molar-refractivity contribution in [3.63, 3.8) is 0 Å². The SMILES string of the molecule is Cc1c(-c2ccccc2)n[nH]c1C(=O)NCCN1CCc2ccccc21. The molecule has 1 aromatic heterocycles. The molecule has 2 N–H and O–H groups in total. The number of hydrogen-bond donors (Lipinski definition) is 2. The quantitative estimate of drug-likeness (QED) is 0.746. The van der Waals surface area contributed by atoms with Crippen LogP contribution in [0.25, 0.3) is 11.3 Å². The van der Waals surface area contributed by atoms with Gasteiger partial charge in [-0.25, -0.2) is 0 Å². The predicted octanol–water partition coefficient (Wildman–Crippen LogP) is 3.18. The van der Waals surface area contributed by atoms with Gasteiger partial charge < -0.3 is 10.2 Å². The highest BCUT2D eigenvalue weighted by Crippen LogP contribution is 2.26. The molecular weight excluding hydrogens is 324 g/mol. The molecule has 0 radical (unpaired) electrons. The molecule has 1 aliphatic heterocycles. The van der Waals surface area contributed by atoms with Crippen LogP contribution < -0.4 is 10.2 Å². The van der Waals surface area contributed by atoms with Gasteiger partial charge in [-0.3, -0.25) is 9.89 Å². The highest BCUT2D eigenvalue weighted by molar-refractivity contribution is 5.95. The van der Waals surface area contributed by atoms with Crippen molar-refractivity contribution in [1.29, 1.82) is 0 Å². The molecule has 0 fully saturated rings. The Labute approximate surface area is 153 Å². The summed E-state index contributed by atoms with van der Waals surface area (Å²) < 4.78 is 0. The van der Waals surface area contributed by atoms with Crippen molar-refractivity contribution in [2.24, 2.45) is 0 Å². The van der Waals surface area contributed by atoms with Crippen molar-refractivity contribution < 1.29 is 4.79 Å². The van der Waals surface area contributed by atoms with Crippen LogP contribution in [0.15, 0.2) is 54.6 Å². The van der Waals surface area contributed by atoms with Gasteiger partial charge >= 0.3 is 0 Å². The number of aromatic nitrogens is 2. The van der Waals surface area contributed by atoms with Crippen molar-refractivity contribution in [2.75, 3.05) is 24.5 Å². The maximum absolute atomic E-state index is 12.5. The topological polar surface area (TPSA) is 61.0 Å². The first-order valence-corrected chi connectivity index (χ1v) is 8.95. The fourth-order valence-electron chi connectivity index (χ4n) is 3.53. The van der Waals surface area contributed by atoms with Gasteiger partial charge in [0.2, 0.25) is 0 Å². The van der Waals surface area contributed by atoms with Gasteiger partial charge in [0.25, 0.3) is 5.91 Å². The second-order valence-corrected chi connectivity index (χ2v) is 6.56. The number of nitrogens with one attached hydrogen (secondary N) is 2. The summed E-state index contributed by atoms with van der Waals surface area (Å²) in [4.78, 5) is 14.9. The number of carbonyl (C=O) groups excluding carboxylic acids is 1.